The predicted octanol–water partition coefficient (Wildman–Crippen LogP) is 3.92. The quantitative estimate of drug-likeness (QED) is 0.833. The molecule has 0 aliphatic heterocycles. The maximum absolute atomic E-state index is 12.2. The van der Waals surface area contributed by atoms with Gasteiger partial charge in [-0.1, -0.05) is 40.2 Å². The van der Waals surface area contributed by atoms with Crippen LogP contribution in [0.1, 0.15) is 23.5 Å². The number of benzene rings is 2. The molecule has 0 aromatic heterocycles. The van der Waals surface area contributed by atoms with Crippen molar-refractivity contribution in [2.75, 3.05) is 13.7 Å². The zero-order valence-electron chi connectivity index (χ0n) is 13.1. The van der Waals surface area contributed by atoms with Gasteiger partial charge in [0.1, 0.15) is 5.75 Å². The summed E-state index contributed by atoms with van der Waals surface area (Å²) in [5.41, 5.74) is 2.44. The maximum atomic E-state index is 12.2. The number of nitrogens with one attached hydrogen (secondary N) is 1. The highest BCUT2D eigenvalue weighted by Gasteiger charge is 2.43. The van der Waals surface area contributed by atoms with Crippen LogP contribution >= 0.6 is 15.9 Å². The van der Waals surface area contributed by atoms with E-state index < -0.39 is 0 Å². The maximum Gasteiger partial charge on any atom is 0.223 e. The Morgan fingerprint density at radius 2 is 2.04 bits per heavy atom. The molecule has 1 aliphatic carbocycles. The largest absolute Gasteiger partial charge is 0.497 e. The first kappa shape index (κ1) is 16.1. The van der Waals surface area contributed by atoms with Crippen molar-refractivity contribution in [2.45, 2.75) is 18.8 Å². The molecule has 1 aliphatic rings. The molecule has 2 unspecified atom stereocenters. The smallest absolute Gasteiger partial charge is 0.223 e. The van der Waals surface area contributed by atoms with E-state index >= 15 is 0 Å². The number of carbonyl (C=O) groups is 1. The topological polar surface area (TPSA) is 38.3 Å². The van der Waals surface area contributed by atoms with Gasteiger partial charge in [-0.25, -0.2) is 0 Å². The second-order valence-corrected chi connectivity index (χ2v) is 6.81. The van der Waals surface area contributed by atoms with E-state index in [1.54, 1.807) is 7.11 Å². The van der Waals surface area contributed by atoms with Crippen molar-refractivity contribution < 1.29 is 9.53 Å². The van der Waals surface area contributed by atoms with Gasteiger partial charge in [0.15, 0.2) is 0 Å². The molecule has 1 saturated carbocycles. The SMILES string of the molecule is COc1ccc(CCNC(=O)C2CC2c2cccc(Br)c2)cc1. The molecule has 0 radical (unpaired) electrons. The van der Waals surface area contributed by atoms with E-state index in [2.05, 4.69) is 33.4 Å². The van der Waals surface area contributed by atoms with E-state index in [9.17, 15) is 4.79 Å². The summed E-state index contributed by atoms with van der Waals surface area (Å²) in [4.78, 5) is 12.2. The lowest BCUT2D eigenvalue weighted by molar-refractivity contribution is -0.122. The van der Waals surface area contributed by atoms with Gasteiger partial charge in [-0.05, 0) is 54.2 Å². The van der Waals surface area contributed by atoms with Crippen molar-refractivity contribution in [1.29, 1.82) is 0 Å². The average molecular weight is 374 g/mol. The summed E-state index contributed by atoms with van der Waals surface area (Å²) in [5.74, 6) is 1.52. The van der Waals surface area contributed by atoms with Gasteiger partial charge in [-0.15, -0.1) is 0 Å². The highest BCUT2D eigenvalue weighted by molar-refractivity contribution is 9.10. The summed E-state index contributed by atoms with van der Waals surface area (Å²) in [6.45, 7) is 0.673. The van der Waals surface area contributed by atoms with E-state index in [1.165, 1.54) is 11.1 Å². The second-order valence-electron chi connectivity index (χ2n) is 5.89. The molecule has 0 bridgehead atoms. The molecule has 3 nitrogen and oxygen atoms in total. The number of ether oxygens (including phenoxy) is 1. The molecule has 3 rings (SSSR count). The molecule has 1 amide bonds. The van der Waals surface area contributed by atoms with Gasteiger partial charge in [0.05, 0.1) is 7.11 Å². The molecule has 1 N–H and O–H groups in total. The van der Waals surface area contributed by atoms with Gasteiger partial charge >= 0.3 is 0 Å². The highest BCUT2D eigenvalue weighted by atomic mass is 79.9. The molecule has 2 aromatic rings. The molecule has 2 aromatic carbocycles. The summed E-state index contributed by atoms with van der Waals surface area (Å²) >= 11 is 3.48. The average Bonchev–Trinajstić information content (AvgIpc) is 3.36. The third-order valence-electron chi connectivity index (χ3n) is 4.28. The Labute approximate surface area is 145 Å². The number of hydrogen-bond acceptors (Lipinski definition) is 2. The third-order valence-corrected chi connectivity index (χ3v) is 4.77. The van der Waals surface area contributed by atoms with Crippen molar-refractivity contribution >= 4 is 21.8 Å². The van der Waals surface area contributed by atoms with E-state index in [4.69, 9.17) is 4.74 Å². The summed E-state index contributed by atoms with van der Waals surface area (Å²) in [6.07, 6.45) is 1.79. The van der Waals surface area contributed by atoms with Crippen LogP contribution in [0.4, 0.5) is 0 Å². The fraction of sp³-hybridized carbons (Fsp3) is 0.316. The third kappa shape index (κ3) is 4.14. The van der Waals surface area contributed by atoms with Gasteiger partial charge in [0.2, 0.25) is 5.91 Å². The number of hydrogen-bond donors (Lipinski definition) is 1. The minimum Gasteiger partial charge on any atom is -0.497 e. The molecule has 120 valence electrons. The number of carbonyl (C=O) groups excluding carboxylic acids is 1. The van der Waals surface area contributed by atoms with Crippen LogP contribution in [-0.2, 0) is 11.2 Å². The van der Waals surface area contributed by atoms with E-state index in [1.807, 2.05) is 36.4 Å². The van der Waals surface area contributed by atoms with Gasteiger partial charge in [-0.3, -0.25) is 4.79 Å². The Hall–Kier alpha value is -1.81. The monoisotopic (exact) mass is 373 g/mol. The van der Waals surface area contributed by atoms with E-state index in [0.717, 1.165) is 23.1 Å². The van der Waals surface area contributed by atoms with Crippen LogP contribution in [0.3, 0.4) is 0 Å². The molecular weight excluding hydrogens is 354 g/mol. The molecule has 1 fully saturated rings. The van der Waals surface area contributed by atoms with Crippen molar-refractivity contribution in [3.8, 4) is 5.75 Å². The fourth-order valence-electron chi connectivity index (χ4n) is 2.84. The first-order chi connectivity index (χ1) is 11.2. The lowest BCUT2D eigenvalue weighted by atomic mass is 10.1. The number of rotatable bonds is 6. The predicted molar refractivity (Wildman–Crippen MR) is 94.7 cm³/mol. The number of amides is 1. The Morgan fingerprint density at radius 3 is 2.74 bits per heavy atom. The minimum atomic E-state index is 0.125. The molecular formula is C19H20BrNO2. The van der Waals surface area contributed by atoms with Crippen LogP contribution in [-0.4, -0.2) is 19.6 Å². The molecule has 0 spiro atoms. The van der Waals surface area contributed by atoms with Crippen LogP contribution in [0, 0.1) is 5.92 Å². The normalized spacial score (nSPS) is 19.2. The van der Waals surface area contributed by atoms with E-state index in [-0.39, 0.29) is 11.8 Å². The highest BCUT2D eigenvalue weighted by Crippen LogP contribution is 2.47. The van der Waals surface area contributed by atoms with Crippen molar-refractivity contribution in [1.82, 2.24) is 5.32 Å². The van der Waals surface area contributed by atoms with E-state index in [0.29, 0.717) is 12.5 Å². The van der Waals surface area contributed by atoms with Crippen LogP contribution in [0.5, 0.6) is 5.75 Å². The van der Waals surface area contributed by atoms with Gasteiger partial charge in [0.25, 0.3) is 0 Å². The Bertz CT molecular complexity index is 684. The molecule has 0 saturated heterocycles. The first-order valence-electron chi connectivity index (χ1n) is 7.83. The van der Waals surface area contributed by atoms with Crippen LogP contribution in [0.25, 0.3) is 0 Å². The lowest BCUT2D eigenvalue weighted by Gasteiger charge is -2.06. The minimum absolute atomic E-state index is 0.125. The van der Waals surface area contributed by atoms with Crippen molar-refractivity contribution in [2.24, 2.45) is 5.92 Å². The Balaban J connectivity index is 1.45. The Kier molecular flexibility index (Phi) is 5.01. The zero-order valence-corrected chi connectivity index (χ0v) is 14.7. The van der Waals surface area contributed by atoms with Crippen LogP contribution in [0.2, 0.25) is 0 Å². The summed E-state index contributed by atoms with van der Waals surface area (Å²) < 4.78 is 6.21. The molecule has 0 heterocycles. The molecule has 2 atom stereocenters. The zero-order chi connectivity index (χ0) is 16.2. The fourth-order valence-corrected chi connectivity index (χ4v) is 3.26. The van der Waals surface area contributed by atoms with Crippen molar-refractivity contribution in [3.05, 3.63) is 64.1 Å². The Morgan fingerprint density at radius 1 is 1.26 bits per heavy atom. The second kappa shape index (κ2) is 7.18. The van der Waals surface area contributed by atoms with Gasteiger partial charge in [0, 0.05) is 16.9 Å². The number of halogens is 1. The van der Waals surface area contributed by atoms with Crippen LogP contribution < -0.4 is 10.1 Å². The molecule has 4 heteroatoms. The number of methoxy groups -OCH3 is 1. The summed E-state index contributed by atoms with van der Waals surface area (Å²) in [5, 5.41) is 3.05. The summed E-state index contributed by atoms with van der Waals surface area (Å²) in [6, 6.07) is 16.2. The van der Waals surface area contributed by atoms with Crippen LogP contribution in [0.15, 0.2) is 53.0 Å². The summed E-state index contributed by atoms with van der Waals surface area (Å²) in [7, 11) is 1.66. The van der Waals surface area contributed by atoms with Gasteiger partial charge < -0.3 is 10.1 Å². The standard InChI is InChI=1S/C19H20BrNO2/c1-23-16-7-5-13(6-8-16)9-10-21-19(22)18-12-17(18)14-3-2-4-15(20)11-14/h2-8,11,17-18H,9-10,12H2,1H3,(H,21,22). The van der Waals surface area contributed by atoms with Crippen molar-refractivity contribution in [3.63, 3.8) is 0 Å². The first-order valence-corrected chi connectivity index (χ1v) is 8.63. The lowest BCUT2D eigenvalue weighted by Crippen LogP contribution is -2.27. The van der Waals surface area contributed by atoms with Gasteiger partial charge in [-0.2, -0.15) is 0 Å². The molecule has 23 heavy (non-hydrogen) atoms.